The summed E-state index contributed by atoms with van der Waals surface area (Å²) in [6.45, 7) is 0. The molecule has 4 N–H and O–H groups in total. The van der Waals surface area contributed by atoms with E-state index in [1.54, 1.807) is 35.8 Å². The van der Waals surface area contributed by atoms with Crippen molar-refractivity contribution in [2.75, 3.05) is 16.4 Å². The number of hydrogen-bond acceptors (Lipinski definition) is 6. The Morgan fingerprint density at radius 3 is 2.75 bits per heavy atom. The molecule has 0 fully saturated rings. The number of nitriles is 1. The lowest BCUT2D eigenvalue weighted by molar-refractivity contribution is -0.112. The van der Waals surface area contributed by atoms with Gasteiger partial charge in [-0.1, -0.05) is 0 Å². The Labute approximate surface area is 119 Å². The van der Waals surface area contributed by atoms with E-state index in [2.05, 4.69) is 15.6 Å². The van der Waals surface area contributed by atoms with E-state index < -0.39 is 5.91 Å². The molecule has 2 aromatic rings. The molecule has 0 aliphatic carbocycles. The Morgan fingerprint density at radius 2 is 2.15 bits per heavy atom. The zero-order valence-corrected chi connectivity index (χ0v) is 11.1. The zero-order valence-electron chi connectivity index (χ0n) is 10.3. The van der Waals surface area contributed by atoms with Gasteiger partial charge in [0.25, 0.3) is 5.91 Å². The molecule has 2 rings (SSSR count). The van der Waals surface area contributed by atoms with Crippen molar-refractivity contribution >= 4 is 33.8 Å². The van der Waals surface area contributed by atoms with Crippen molar-refractivity contribution < 1.29 is 4.79 Å². The first-order valence-corrected chi connectivity index (χ1v) is 6.50. The minimum absolute atomic E-state index is 0.0444. The summed E-state index contributed by atoms with van der Waals surface area (Å²) in [5.74, 6) is -0.499. The van der Waals surface area contributed by atoms with Crippen LogP contribution >= 0.6 is 11.3 Å². The first kappa shape index (κ1) is 13.6. The van der Waals surface area contributed by atoms with Crippen LogP contribution < -0.4 is 16.4 Å². The maximum absolute atomic E-state index is 11.9. The van der Waals surface area contributed by atoms with Crippen LogP contribution in [0.15, 0.2) is 47.6 Å². The minimum Gasteiger partial charge on any atom is -0.399 e. The second kappa shape index (κ2) is 6.36. The van der Waals surface area contributed by atoms with Crippen molar-refractivity contribution in [3.05, 3.63) is 47.6 Å². The summed E-state index contributed by atoms with van der Waals surface area (Å²) in [5.41, 5.74) is 6.68. The fourth-order valence-corrected chi connectivity index (χ4v) is 1.84. The van der Waals surface area contributed by atoms with Gasteiger partial charge in [-0.2, -0.15) is 5.26 Å². The lowest BCUT2D eigenvalue weighted by atomic mass is 10.2. The van der Waals surface area contributed by atoms with E-state index in [-0.39, 0.29) is 5.57 Å². The van der Waals surface area contributed by atoms with E-state index >= 15 is 0 Å². The molecule has 0 aliphatic heterocycles. The zero-order chi connectivity index (χ0) is 14.4. The quantitative estimate of drug-likeness (QED) is 0.454. The molecule has 1 heterocycles. The van der Waals surface area contributed by atoms with Gasteiger partial charge in [-0.3, -0.25) is 4.79 Å². The molecule has 20 heavy (non-hydrogen) atoms. The summed E-state index contributed by atoms with van der Waals surface area (Å²) in [4.78, 5) is 15.9. The van der Waals surface area contributed by atoms with Gasteiger partial charge in [0.2, 0.25) is 0 Å². The van der Waals surface area contributed by atoms with Crippen LogP contribution in [0.1, 0.15) is 0 Å². The van der Waals surface area contributed by atoms with Gasteiger partial charge in [0.05, 0.1) is 0 Å². The van der Waals surface area contributed by atoms with Crippen molar-refractivity contribution in [2.24, 2.45) is 0 Å². The second-order valence-electron chi connectivity index (χ2n) is 3.73. The number of nitrogens with two attached hydrogens (primary N) is 1. The third kappa shape index (κ3) is 3.57. The molecule has 0 atom stereocenters. The van der Waals surface area contributed by atoms with E-state index in [1.807, 2.05) is 6.07 Å². The Bertz CT molecular complexity index is 655. The van der Waals surface area contributed by atoms with Gasteiger partial charge in [-0.15, -0.1) is 11.3 Å². The van der Waals surface area contributed by atoms with E-state index in [0.717, 1.165) is 0 Å². The molecular weight excluding hydrogens is 274 g/mol. The number of aromatic nitrogens is 1. The molecule has 1 amide bonds. The molecule has 0 bridgehead atoms. The van der Waals surface area contributed by atoms with Crippen molar-refractivity contribution in [1.29, 1.82) is 5.26 Å². The monoisotopic (exact) mass is 285 g/mol. The topological polar surface area (TPSA) is 104 Å². The summed E-state index contributed by atoms with van der Waals surface area (Å²) >= 11 is 1.37. The number of hydrogen-bond donors (Lipinski definition) is 3. The highest BCUT2D eigenvalue weighted by atomic mass is 32.1. The number of benzene rings is 1. The number of nitrogens with zero attached hydrogens (tertiary/aromatic N) is 2. The predicted molar refractivity (Wildman–Crippen MR) is 78.9 cm³/mol. The van der Waals surface area contributed by atoms with Gasteiger partial charge >= 0.3 is 0 Å². The van der Waals surface area contributed by atoms with E-state index in [1.165, 1.54) is 17.5 Å². The van der Waals surface area contributed by atoms with E-state index in [4.69, 9.17) is 11.0 Å². The van der Waals surface area contributed by atoms with Crippen LogP contribution in [0.2, 0.25) is 0 Å². The molecule has 0 unspecified atom stereocenters. The average Bonchev–Trinajstić information content (AvgIpc) is 2.95. The summed E-state index contributed by atoms with van der Waals surface area (Å²) in [7, 11) is 0. The average molecular weight is 285 g/mol. The molecule has 0 aliphatic rings. The molecule has 0 radical (unpaired) electrons. The number of nitrogen functional groups attached to an aromatic ring is 1. The van der Waals surface area contributed by atoms with Crippen LogP contribution in [-0.4, -0.2) is 10.9 Å². The van der Waals surface area contributed by atoms with Gasteiger partial charge in [0.15, 0.2) is 5.13 Å². The maximum Gasteiger partial charge on any atom is 0.267 e. The van der Waals surface area contributed by atoms with Crippen LogP contribution in [0.5, 0.6) is 0 Å². The number of anilines is 3. The molecule has 0 spiro atoms. The second-order valence-corrected chi connectivity index (χ2v) is 4.62. The Morgan fingerprint density at radius 1 is 1.40 bits per heavy atom. The lowest BCUT2D eigenvalue weighted by Crippen LogP contribution is -2.14. The summed E-state index contributed by atoms with van der Waals surface area (Å²) in [5, 5.41) is 16.8. The standard InChI is InChI=1S/C13H11N5OS/c14-7-9(8-17-13-16-5-6-20-13)12(19)18-11-3-1-10(15)2-4-11/h1-6,8H,15H2,(H,16,17)(H,18,19)/b9-8-. The van der Waals surface area contributed by atoms with Crippen LogP contribution in [0.4, 0.5) is 16.5 Å². The van der Waals surface area contributed by atoms with Crippen molar-refractivity contribution in [1.82, 2.24) is 4.98 Å². The SMILES string of the molecule is N#C/C(=C/Nc1nccs1)C(=O)Nc1ccc(N)cc1. The van der Waals surface area contributed by atoms with Crippen LogP contribution in [0.25, 0.3) is 0 Å². The van der Waals surface area contributed by atoms with E-state index in [0.29, 0.717) is 16.5 Å². The van der Waals surface area contributed by atoms with Crippen LogP contribution in [0, 0.1) is 11.3 Å². The Kier molecular flexibility index (Phi) is 4.32. The van der Waals surface area contributed by atoms with Crippen LogP contribution in [-0.2, 0) is 4.79 Å². The molecule has 7 heteroatoms. The molecular formula is C13H11N5OS. The lowest BCUT2D eigenvalue weighted by Gasteiger charge is -2.04. The fourth-order valence-electron chi connectivity index (χ4n) is 1.34. The maximum atomic E-state index is 11.9. The van der Waals surface area contributed by atoms with Crippen molar-refractivity contribution in [3.63, 3.8) is 0 Å². The Hall–Kier alpha value is -2.85. The largest absolute Gasteiger partial charge is 0.399 e. The number of carbonyl (C=O) groups excluding carboxylic acids is 1. The third-order valence-electron chi connectivity index (χ3n) is 2.31. The number of rotatable bonds is 4. The molecule has 6 nitrogen and oxygen atoms in total. The smallest absolute Gasteiger partial charge is 0.267 e. The van der Waals surface area contributed by atoms with Crippen molar-refractivity contribution in [2.45, 2.75) is 0 Å². The highest BCUT2D eigenvalue weighted by Gasteiger charge is 2.09. The number of carbonyl (C=O) groups is 1. The van der Waals surface area contributed by atoms with Crippen molar-refractivity contribution in [3.8, 4) is 6.07 Å². The molecule has 0 saturated heterocycles. The molecule has 1 aromatic heterocycles. The summed E-state index contributed by atoms with van der Waals surface area (Å²) in [6.07, 6.45) is 2.95. The molecule has 100 valence electrons. The van der Waals surface area contributed by atoms with Gasteiger partial charge in [-0.25, -0.2) is 4.98 Å². The minimum atomic E-state index is -0.499. The normalized spacial score (nSPS) is 10.7. The fraction of sp³-hybridized carbons (Fsp3) is 0. The molecule has 0 saturated carbocycles. The summed E-state index contributed by atoms with van der Waals surface area (Å²) < 4.78 is 0. The first-order chi connectivity index (χ1) is 9.69. The number of nitrogens with one attached hydrogen (secondary N) is 2. The first-order valence-electron chi connectivity index (χ1n) is 5.62. The van der Waals surface area contributed by atoms with Gasteiger partial charge < -0.3 is 16.4 Å². The predicted octanol–water partition coefficient (Wildman–Crippen LogP) is 2.18. The highest BCUT2D eigenvalue weighted by molar-refractivity contribution is 7.13. The highest BCUT2D eigenvalue weighted by Crippen LogP contribution is 2.13. The third-order valence-corrected chi connectivity index (χ3v) is 3.01. The summed E-state index contributed by atoms with van der Waals surface area (Å²) in [6, 6.07) is 8.49. The Balaban J connectivity index is 2.04. The van der Waals surface area contributed by atoms with E-state index in [9.17, 15) is 4.79 Å². The number of amides is 1. The van der Waals surface area contributed by atoms with Crippen LogP contribution in [0.3, 0.4) is 0 Å². The molecule has 1 aromatic carbocycles. The van der Waals surface area contributed by atoms with Gasteiger partial charge in [-0.05, 0) is 24.3 Å². The van der Waals surface area contributed by atoms with Gasteiger partial charge in [0.1, 0.15) is 11.6 Å². The van der Waals surface area contributed by atoms with Gasteiger partial charge in [0, 0.05) is 29.2 Å². The number of thiazole rings is 1.